The predicted molar refractivity (Wildman–Crippen MR) is 77.0 cm³/mol. The minimum atomic E-state index is -0.0949. The second-order valence-corrected chi connectivity index (χ2v) is 7.19. The van der Waals surface area contributed by atoms with E-state index in [1.807, 2.05) is 17.5 Å². The average molecular weight is 267 g/mol. The number of aryl methyl sites for hydroxylation is 1. The quantitative estimate of drug-likeness (QED) is 0.799. The number of rotatable bonds is 4. The molecule has 3 heteroatoms. The highest BCUT2D eigenvalue weighted by Gasteiger charge is 2.42. The minimum Gasteiger partial charge on any atom is -0.368 e. The third-order valence-electron chi connectivity index (χ3n) is 4.12. The Morgan fingerprint density at radius 2 is 1.89 bits per heavy atom. The molecule has 0 radical (unpaired) electrons. The zero-order chi connectivity index (χ0) is 13.2. The molecule has 1 heterocycles. The van der Waals surface area contributed by atoms with E-state index in [0.717, 1.165) is 25.9 Å². The van der Waals surface area contributed by atoms with Crippen LogP contribution in [0.4, 0.5) is 0 Å². The van der Waals surface area contributed by atoms with E-state index in [9.17, 15) is 0 Å². The van der Waals surface area contributed by atoms with Crippen LogP contribution < -0.4 is 0 Å². The SMILES string of the molecule is CCOC1(c2ncc(CC)s2)CCC(C)(C)CC1. The van der Waals surface area contributed by atoms with Crippen LogP contribution in [0.15, 0.2) is 6.20 Å². The summed E-state index contributed by atoms with van der Waals surface area (Å²) in [5, 5.41) is 1.21. The summed E-state index contributed by atoms with van der Waals surface area (Å²) in [5.74, 6) is 0. The first kappa shape index (κ1) is 14.0. The molecule has 0 atom stereocenters. The van der Waals surface area contributed by atoms with Crippen molar-refractivity contribution in [1.29, 1.82) is 0 Å². The van der Waals surface area contributed by atoms with E-state index < -0.39 is 0 Å². The number of hydrogen-bond acceptors (Lipinski definition) is 3. The fourth-order valence-corrected chi connectivity index (χ4v) is 3.76. The van der Waals surface area contributed by atoms with Gasteiger partial charge in [-0.05, 0) is 44.4 Å². The molecule has 1 aromatic heterocycles. The topological polar surface area (TPSA) is 22.1 Å². The summed E-state index contributed by atoms with van der Waals surface area (Å²) in [7, 11) is 0. The molecule has 2 rings (SSSR count). The van der Waals surface area contributed by atoms with Crippen molar-refractivity contribution in [1.82, 2.24) is 4.98 Å². The number of nitrogens with zero attached hydrogens (tertiary/aromatic N) is 1. The Kier molecular flexibility index (Phi) is 4.12. The van der Waals surface area contributed by atoms with Crippen LogP contribution in [-0.4, -0.2) is 11.6 Å². The summed E-state index contributed by atoms with van der Waals surface area (Å²) < 4.78 is 6.16. The van der Waals surface area contributed by atoms with Crippen molar-refractivity contribution in [2.24, 2.45) is 5.41 Å². The molecule has 0 aromatic carbocycles. The van der Waals surface area contributed by atoms with Gasteiger partial charge in [0.05, 0.1) is 0 Å². The normalized spacial score (nSPS) is 22.0. The molecule has 1 fully saturated rings. The Morgan fingerprint density at radius 3 is 2.39 bits per heavy atom. The maximum atomic E-state index is 6.16. The largest absolute Gasteiger partial charge is 0.368 e. The van der Waals surface area contributed by atoms with E-state index in [-0.39, 0.29) is 5.60 Å². The third kappa shape index (κ3) is 2.77. The first-order valence-corrected chi connectivity index (χ1v) is 7.92. The average Bonchev–Trinajstić information content (AvgIpc) is 2.82. The van der Waals surface area contributed by atoms with Crippen LogP contribution in [0.1, 0.15) is 63.3 Å². The van der Waals surface area contributed by atoms with E-state index >= 15 is 0 Å². The number of aromatic nitrogens is 1. The van der Waals surface area contributed by atoms with Crippen LogP contribution in [-0.2, 0) is 16.8 Å². The Hall–Kier alpha value is -0.410. The van der Waals surface area contributed by atoms with Crippen LogP contribution in [0.3, 0.4) is 0 Å². The molecule has 102 valence electrons. The maximum absolute atomic E-state index is 6.16. The van der Waals surface area contributed by atoms with Gasteiger partial charge in [-0.3, -0.25) is 0 Å². The molecule has 0 saturated heterocycles. The molecule has 2 nitrogen and oxygen atoms in total. The Morgan fingerprint density at radius 1 is 1.22 bits per heavy atom. The molecule has 0 N–H and O–H groups in total. The summed E-state index contributed by atoms with van der Waals surface area (Å²) in [4.78, 5) is 6.01. The van der Waals surface area contributed by atoms with Gasteiger partial charge in [0.1, 0.15) is 10.6 Å². The van der Waals surface area contributed by atoms with E-state index in [0.29, 0.717) is 5.41 Å². The molecule has 1 aliphatic rings. The molecule has 1 saturated carbocycles. The Labute approximate surface area is 115 Å². The fourth-order valence-electron chi connectivity index (χ4n) is 2.71. The summed E-state index contributed by atoms with van der Waals surface area (Å²) in [5.41, 5.74) is 0.369. The second-order valence-electron chi connectivity index (χ2n) is 6.08. The smallest absolute Gasteiger partial charge is 0.125 e. The monoisotopic (exact) mass is 267 g/mol. The van der Waals surface area contributed by atoms with Gasteiger partial charge in [0, 0.05) is 17.7 Å². The highest BCUT2D eigenvalue weighted by molar-refractivity contribution is 7.11. The van der Waals surface area contributed by atoms with Crippen molar-refractivity contribution < 1.29 is 4.74 Å². The highest BCUT2D eigenvalue weighted by Crippen LogP contribution is 2.48. The zero-order valence-corrected chi connectivity index (χ0v) is 12.9. The molecule has 0 amide bonds. The summed E-state index contributed by atoms with van der Waals surface area (Å²) in [6.45, 7) is 9.79. The van der Waals surface area contributed by atoms with Crippen molar-refractivity contribution in [2.75, 3.05) is 6.61 Å². The lowest BCUT2D eigenvalue weighted by Crippen LogP contribution is -2.37. The van der Waals surface area contributed by atoms with Gasteiger partial charge in [-0.25, -0.2) is 4.98 Å². The van der Waals surface area contributed by atoms with E-state index in [1.165, 1.54) is 22.7 Å². The fraction of sp³-hybridized carbons (Fsp3) is 0.800. The summed E-state index contributed by atoms with van der Waals surface area (Å²) >= 11 is 1.84. The molecule has 0 unspecified atom stereocenters. The molecule has 1 aliphatic carbocycles. The van der Waals surface area contributed by atoms with E-state index in [4.69, 9.17) is 4.74 Å². The lowest BCUT2D eigenvalue weighted by molar-refractivity contribution is -0.0890. The van der Waals surface area contributed by atoms with Gasteiger partial charge in [0.25, 0.3) is 0 Å². The summed E-state index contributed by atoms with van der Waals surface area (Å²) in [6, 6.07) is 0. The van der Waals surface area contributed by atoms with Gasteiger partial charge in [-0.2, -0.15) is 0 Å². The van der Waals surface area contributed by atoms with Gasteiger partial charge in [-0.1, -0.05) is 20.8 Å². The molecule has 0 bridgehead atoms. The Balaban J connectivity index is 2.22. The molecule has 1 aromatic rings. The van der Waals surface area contributed by atoms with Gasteiger partial charge in [-0.15, -0.1) is 11.3 Å². The number of hydrogen-bond donors (Lipinski definition) is 0. The van der Waals surface area contributed by atoms with Crippen molar-refractivity contribution >= 4 is 11.3 Å². The maximum Gasteiger partial charge on any atom is 0.125 e. The number of thiazole rings is 1. The van der Waals surface area contributed by atoms with Crippen molar-refractivity contribution in [3.8, 4) is 0 Å². The first-order valence-electron chi connectivity index (χ1n) is 7.10. The van der Waals surface area contributed by atoms with Gasteiger partial charge < -0.3 is 4.74 Å². The first-order chi connectivity index (χ1) is 8.51. The summed E-state index contributed by atoms with van der Waals surface area (Å²) in [6.07, 6.45) is 7.79. The highest BCUT2D eigenvalue weighted by atomic mass is 32.1. The lowest BCUT2D eigenvalue weighted by Gasteiger charge is -2.42. The predicted octanol–water partition coefficient (Wildman–Crippen LogP) is 4.54. The molecular weight excluding hydrogens is 242 g/mol. The van der Waals surface area contributed by atoms with Crippen LogP contribution in [0.25, 0.3) is 0 Å². The molecular formula is C15H25NOS. The van der Waals surface area contributed by atoms with E-state index in [2.05, 4.69) is 32.7 Å². The van der Waals surface area contributed by atoms with Gasteiger partial charge in [0.15, 0.2) is 0 Å². The van der Waals surface area contributed by atoms with Crippen LogP contribution in [0.2, 0.25) is 0 Å². The van der Waals surface area contributed by atoms with E-state index in [1.54, 1.807) is 0 Å². The second kappa shape index (κ2) is 5.30. The van der Waals surface area contributed by atoms with Crippen LogP contribution in [0, 0.1) is 5.41 Å². The minimum absolute atomic E-state index is 0.0949. The van der Waals surface area contributed by atoms with Crippen molar-refractivity contribution in [3.05, 3.63) is 16.1 Å². The standard InChI is InChI=1S/C15H25NOS/c1-5-12-11-16-13(18-12)15(17-6-2)9-7-14(3,4)8-10-15/h11H,5-10H2,1-4H3. The van der Waals surface area contributed by atoms with Crippen molar-refractivity contribution in [3.63, 3.8) is 0 Å². The molecule has 0 spiro atoms. The number of ether oxygens (including phenoxy) is 1. The Bertz CT molecular complexity index is 387. The van der Waals surface area contributed by atoms with Gasteiger partial charge in [0.2, 0.25) is 0 Å². The van der Waals surface area contributed by atoms with Crippen molar-refractivity contribution in [2.45, 2.75) is 65.4 Å². The molecule has 18 heavy (non-hydrogen) atoms. The van der Waals surface area contributed by atoms with Crippen LogP contribution >= 0.6 is 11.3 Å². The third-order valence-corrected chi connectivity index (χ3v) is 5.45. The lowest BCUT2D eigenvalue weighted by atomic mass is 9.71. The molecule has 0 aliphatic heterocycles. The van der Waals surface area contributed by atoms with Crippen LogP contribution in [0.5, 0.6) is 0 Å². The van der Waals surface area contributed by atoms with Gasteiger partial charge >= 0.3 is 0 Å². The zero-order valence-electron chi connectivity index (χ0n) is 12.1.